The van der Waals surface area contributed by atoms with Gasteiger partial charge in [0.05, 0.1) is 19.4 Å². The van der Waals surface area contributed by atoms with Crippen molar-refractivity contribution < 1.29 is 18.6 Å². The van der Waals surface area contributed by atoms with Gasteiger partial charge >= 0.3 is 0 Å². The van der Waals surface area contributed by atoms with Crippen LogP contribution in [0.5, 0.6) is 0 Å². The van der Waals surface area contributed by atoms with Crippen molar-refractivity contribution in [2.75, 3.05) is 13.7 Å². The Bertz CT molecular complexity index is 588. The lowest BCUT2D eigenvalue weighted by Gasteiger charge is -2.18. The number of allylic oxidation sites excluding steroid dienone is 2. The van der Waals surface area contributed by atoms with Crippen LogP contribution in [-0.2, 0) is 4.74 Å². The summed E-state index contributed by atoms with van der Waals surface area (Å²) in [5, 5.41) is 9.96. The highest BCUT2D eigenvalue weighted by Crippen LogP contribution is 2.35. The molecule has 0 aromatic rings. The van der Waals surface area contributed by atoms with Crippen LogP contribution in [0.15, 0.2) is 46.2 Å². The Morgan fingerprint density at radius 2 is 2.08 bits per heavy atom. The summed E-state index contributed by atoms with van der Waals surface area (Å²) >= 11 is 0. The molecule has 1 heterocycles. The molecule has 4 nitrogen and oxygen atoms in total. The Kier molecular flexibility index (Phi) is 6.29. The predicted octanol–water partition coefficient (Wildman–Crippen LogP) is 4.60. The summed E-state index contributed by atoms with van der Waals surface area (Å²) in [7, 11) is 1.48. The van der Waals surface area contributed by atoms with Crippen molar-refractivity contribution in [3.8, 4) is 0 Å². The Morgan fingerprint density at radius 3 is 2.75 bits per heavy atom. The molecule has 24 heavy (non-hydrogen) atoms. The van der Waals surface area contributed by atoms with Gasteiger partial charge in [0.15, 0.2) is 5.71 Å². The van der Waals surface area contributed by atoms with Crippen molar-refractivity contribution in [2.45, 2.75) is 44.4 Å². The standard InChI is InChI=1S/C18H24F2N2O2/c1-13-6-9-15(24-2)10-12-21-17(23)16(22-13)18(19,20)11-4-3-5-14-7-8-14/h6,9-10,14H,1,3-5,7-8,11-12H2,2H3,(H,21,23)/b9-6-,15-10+,22-16+. The zero-order chi connectivity index (χ0) is 17.6. The summed E-state index contributed by atoms with van der Waals surface area (Å²) in [5.74, 6) is -2.75. The van der Waals surface area contributed by atoms with E-state index in [1.165, 1.54) is 26.0 Å². The minimum Gasteiger partial charge on any atom is -0.497 e. The molecule has 1 N–H and O–H groups in total. The van der Waals surface area contributed by atoms with Crippen LogP contribution < -0.4 is 0 Å². The Balaban J connectivity index is 2.08. The molecule has 132 valence electrons. The number of methoxy groups -OCH3 is 1. The molecular formula is C18H24F2N2O2. The number of aliphatic hydroxyl groups is 1. The van der Waals surface area contributed by atoms with Crippen molar-refractivity contribution in [3.63, 3.8) is 0 Å². The first-order valence-electron chi connectivity index (χ1n) is 8.24. The van der Waals surface area contributed by atoms with E-state index in [-0.39, 0.29) is 18.7 Å². The van der Waals surface area contributed by atoms with Gasteiger partial charge in [-0.2, -0.15) is 8.78 Å². The van der Waals surface area contributed by atoms with Crippen LogP contribution in [0.2, 0.25) is 0 Å². The van der Waals surface area contributed by atoms with Crippen molar-refractivity contribution in [1.29, 1.82) is 0 Å². The fraction of sp³-hybridized carbons (Fsp3) is 0.556. The third kappa shape index (κ3) is 5.58. The topological polar surface area (TPSA) is 54.2 Å². The SMILES string of the molecule is C=C1/C=C\C(OC)=C/C/N=C(O)\C(C(F)(F)CCCCC2CC2)=N/1. The average molecular weight is 338 g/mol. The number of hydrogen-bond donors (Lipinski definition) is 1. The molecule has 1 aliphatic heterocycles. The second-order valence-electron chi connectivity index (χ2n) is 6.15. The van der Waals surface area contributed by atoms with E-state index in [0.717, 1.165) is 18.8 Å². The Hall–Kier alpha value is -1.98. The summed E-state index contributed by atoms with van der Waals surface area (Å²) in [6.07, 6.45) is 8.89. The molecule has 0 aromatic heterocycles. The van der Waals surface area contributed by atoms with E-state index in [1.807, 2.05) is 0 Å². The molecule has 0 spiro atoms. The number of aliphatic hydroxyl groups excluding tert-OH is 1. The zero-order valence-corrected chi connectivity index (χ0v) is 14.0. The minimum atomic E-state index is -3.24. The van der Waals surface area contributed by atoms with Gasteiger partial charge in [-0.05, 0) is 30.6 Å². The van der Waals surface area contributed by atoms with Crippen LogP contribution in [0, 0.1) is 5.92 Å². The number of rotatable bonds is 7. The Morgan fingerprint density at radius 1 is 1.33 bits per heavy atom. The maximum Gasteiger partial charge on any atom is 0.295 e. The van der Waals surface area contributed by atoms with Gasteiger partial charge in [0.1, 0.15) is 5.76 Å². The maximum atomic E-state index is 14.5. The van der Waals surface area contributed by atoms with E-state index in [0.29, 0.717) is 12.2 Å². The summed E-state index contributed by atoms with van der Waals surface area (Å²) in [6.45, 7) is 3.66. The van der Waals surface area contributed by atoms with Crippen LogP contribution in [0.25, 0.3) is 0 Å². The third-order valence-electron chi connectivity index (χ3n) is 4.07. The van der Waals surface area contributed by atoms with Gasteiger partial charge in [-0.15, -0.1) is 0 Å². The molecule has 0 radical (unpaired) electrons. The smallest absolute Gasteiger partial charge is 0.295 e. The van der Waals surface area contributed by atoms with Gasteiger partial charge < -0.3 is 9.84 Å². The van der Waals surface area contributed by atoms with Crippen molar-refractivity contribution >= 4 is 11.6 Å². The van der Waals surface area contributed by atoms with E-state index >= 15 is 0 Å². The molecule has 2 aliphatic rings. The molecule has 1 fully saturated rings. The van der Waals surface area contributed by atoms with Gasteiger partial charge in [-0.25, -0.2) is 9.98 Å². The number of unbranched alkanes of at least 4 members (excludes halogenated alkanes) is 1. The van der Waals surface area contributed by atoms with Gasteiger partial charge in [-0.1, -0.05) is 32.3 Å². The summed E-state index contributed by atoms with van der Waals surface area (Å²) < 4.78 is 34.0. The van der Waals surface area contributed by atoms with E-state index in [9.17, 15) is 13.9 Å². The molecule has 6 heteroatoms. The first-order chi connectivity index (χ1) is 11.4. The lowest BCUT2D eigenvalue weighted by molar-refractivity contribution is 0.0661. The van der Waals surface area contributed by atoms with Crippen molar-refractivity contribution in [1.82, 2.24) is 0 Å². The fourth-order valence-corrected chi connectivity index (χ4v) is 2.48. The largest absolute Gasteiger partial charge is 0.497 e. The first-order valence-corrected chi connectivity index (χ1v) is 8.24. The maximum absolute atomic E-state index is 14.5. The molecule has 0 unspecified atom stereocenters. The van der Waals surface area contributed by atoms with Crippen LogP contribution in [0.4, 0.5) is 8.78 Å². The lowest BCUT2D eigenvalue weighted by atomic mass is 10.0. The average Bonchev–Trinajstić information content (AvgIpc) is 3.36. The Labute approximate surface area is 141 Å². The minimum absolute atomic E-state index is 0.0304. The quantitative estimate of drug-likeness (QED) is 0.690. The number of nitrogens with zero attached hydrogens (tertiary/aromatic N) is 2. The molecule has 1 saturated carbocycles. The van der Waals surface area contributed by atoms with Gasteiger partial charge in [-0.3, -0.25) is 0 Å². The second kappa shape index (κ2) is 8.22. The lowest BCUT2D eigenvalue weighted by Crippen LogP contribution is -2.35. The van der Waals surface area contributed by atoms with E-state index in [2.05, 4.69) is 16.6 Å². The predicted molar refractivity (Wildman–Crippen MR) is 91.9 cm³/mol. The normalized spacial score (nSPS) is 27.3. The van der Waals surface area contributed by atoms with Crippen LogP contribution in [0.1, 0.15) is 38.5 Å². The molecule has 0 aromatic carbocycles. The monoisotopic (exact) mass is 338 g/mol. The highest BCUT2D eigenvalue weighted by Gasteiger charge is 2.39. The first kappa shape index (κ1) is 18.4. The van der Waals surface area contributed by atoms with Gasteiger partial charge in [0.2, 0.25) is 5.90 Å². The van der Waals surface area contributed by atoms with Gasteiger partial charge in [0.25, 0.3) is 5.92 Å². The number of alkyl halides is 2. The summed E-state index contributed by atoms with van der Waals surface area (Å²) in [6, 6.07) is 0. The van der Waals surface area contributed by atoms with Crippen LogP contribution in [0.3, 0.4) is 0 Å². The van der Waals surface area contributed by atoms with E-state index in [1.54, 1.807) is 12.2 Å². The van der Waals surface area contributed by atoms with Crippen LogP contribution >= 0.6 is 0 Å². The second-order valence-corrected chi connectivity index (χ2v) is 6.15. The number of aliphatic imine (C=N–C) groups is 2. The van der Waals surface area contributed by atoms with Gasteiger partial charge in [0, 0.05) is 6.42 Å². The van der Waals surface area contributed by atoms with Crippen molar-refractivity contribution in [2.24, 2.45) is 15.9 Å². The fourth-order valence-electron chi connectivity index (χ4n) is 2.48. The third-order valence-corrected chi connectivity index (χ3v) is 4.07. The van der Waals surface area contributed by atoms with Crippen LogP contribution in [-0.4, -0.2) is 36.3 Å². The molecule has 0 saturated heterocycles. The van der Waals surface area contributed by atoms with E-state index < -0.39 is 17.5 Å². The molecule has 1 aliphatic carbocycles. The zero-order valence-electron chi connectivity index (χ0n) is 14.0. The summed E-state index contributed by atoms with van der Waals surface area (Å²) in [4.78, 5) is 7.57. The highest BCUT2D eigenvalue weighted by atomic mass is 19.3. The van der Waals surface area contributed by atoms with E-state index in [4.69, 9.17) is 4.74 Å². The number of ether oxygens (including phenoxy) is 1. The number of halogens is 2. The molecule has 2 rings (SSSR count). The van der Waals surface area contributed by atoms with Crippen molar-refractivity contribution in [3.05, 3.63) is 36.3 Å². The summed E-state index contributed by atoms with van der Waals surface area (Å²) in [5.41, 5.74) is -0.605. The highest BCUT2D eigenvalue weighted by molar-refractivity contribution is 6.41. The number of hydrogen-bond acceptors (Lipinski definition) is 3. The molecule has 0 atom stereocenters. The molecule has 0 amide bonds. The molecular weight excluding hydrogens is 314 g/mol. The molecule has 0 bridgehead atoms.